The molecule has 5 heteroatoms. The van der Waals surface area contributed by atoms with E-state index in [1.54, 1.807) is 42.6 Å². The summed E-state index contributed by atoms with van der Waals surface area (Å²) < 4.78 is 24.6. The number of rotatable bonds is 3. The van der Waals surface area contributed by atoms with Crippen LogP contribution in [-0.2, 0) is 6.61 Å². The number of benzene rings is 2. The van der Waals surface area contributed by atoms with Crippen LogP contribution in [0.3, 0.4) is 0 Å². The van der Waals surface area contributed by atoms with Gasteiger partial charge in [0.05, 0.1) is 5.52 Å². The van der Waals surface area contributed by atoms with Gasteiger partial charge in [0.1, 0.15) is 23.8 Å². The molecule has 0 aliphatic heterocycles. The van der Waals surface area contributed by atoms with Gasteiger partial charge in [-0.25, -0.2) is 9.18 Å². The van der Waals surface area contributed by atoms with Crippen LogP contribution >= 0.6 is 0 Å². The molecular formula is C19H12FNO3. The van der Waals surface area contributed by atoms with Gasteiger partial charge in [-0.15, -0.1) is 0 Å². The molecule has 0 aliphatic carbocycles. The van der Waals surface area contributed by atoms with Crippen molar-refractivity contribution >= 4 is 21.9 Å². The van der Waals surface area contributed by atoms with Gasteiger partial charge in [0, 0.05) is 34.7 Å². The molecule has 0 saturated heterocycles. The van der Waals surface area contributed by atoms with E-state index in [1.165, 1.54) is 18.2 Å². The lowest BCUT2D eigenvalue weighted by Gasteiger charge is -2.09. The molecule has 2 heterocycles. The molecular weight excluding hydrogens is 309 g/mol. The average molecular weight is 321 g/mol. The Labute approximate surface area is 136 Å². The lowest BCUT2D eigenvalue weighted by Crippen LogP contribution is -1.99. The van der Waals surface area contributed by atoms with Crippen LogP contribution in [0.4, 0.5) is 4.39 Å². The lowest BCUT2D eigenvalue weighted by atomic mass is 10.1. The van der Waals surface area contributed by atoms with Crippen molar-refractivity contribution in [3.63, 3.8) is 0 Å². The first-order valence-electron chi connectivity index (χ1n) is 7.39. The summed E-state index contributed by atoms with van der Waals surface area (Å²) >= 11 is 0. The fourth-order valence-electron chi connectivity index (χ4n) is 2.63. The molecule has 0 aliphatic rings. The Morgan fingerprint density at radius 3 is 2.83 bits per heavy atom. The summed E-state index contributed by atoms with van der Waals surface area (Å²) in [5, 5.41) is 1.53. The Balaban J connectivity index is 1.66. The third-order valence-electron chi connectivity index (χ3n) is 3.74. The highest BCUT2D eigenvalue weighted by Crippen LogP contribution is 2.23. The highest BCUT2D eigenvalue weighted by atomic mass is 19.1. The summed E-state index contributed by atoms with van der Waals surface area (Å²) in [7, 11) is 0. The molecule has 0 radical (unpaired) electrons. The van der Waals surface area contributed by atoms with Crippen molar-refractivity contribution in [1.29, 1.82) is 0 Å². The summed E-state index contributed by atoms with van der Waals surface area (Å²) in [6, 6.07) is 14.7. The third-order valence-corrected chi connectivity index (χ3v) is 3.74. The molecule has 2 aromatic carbocycles. The smallest absolute Gasteiger partial charge is 0.336 e. The van der Waals surface area contributed by atoms with Gasteiger partial charge in [-0.1, -0.05) is 6.07 Å². The maximum absolute atomic E-state index is 13.7. The van der Waals surface area contributed by atoms with E-state index in [9.17, 15) is 9.18 Å². The average Bonchev–Trinajstić information content (AvgIpc) is 2.59. The predicted octanol–water partition coefficient (Wildman–Crippen LogP) is 4.06. The second-order valence-corrected chi connectivity index (χ2v) is 5.38. The van der Waals surface area contributed by atoms with Crippen LogP contribution in [-0.4, -0.2) is 4.98 Å². The van der Waals surface area contributed by atoms with E-state index >= 15 is 0 Å². The van der Waals surface area contributed by atoms with Gasteiger partial charge in [0.15, 0.2) is 0 Å². The van der Waals surface area contributed by atoms with E-state index < -0.39 is 5.63 Å². The molecule has 118 valence electrons. The minimum atomic E-state index is -0.417. The Hall–Kier alpha value is -3.21. The van der Waals surface area contributed by atoms with Crippen LogP contribution < -0.4 is 10.4 Å². The normalized spacial score (nSPS) is 11.0. The van der Waals surface area contributed by atoms with E-state index in [0.717, 1.165) is 10.8 Å². The molecule has 0 unspecified atom stereocenters. The molecule has 0 amide bonds. The van der Waals surface area contributed by atoms with Crippen molar-refractivity contribution in [2.24, 2.45) is 0 Å². The summed E-state index contributed by atoms with van der Waals surface area (Å²) in [5.41, 5.74) is 1.38. The van der Waals surface area contributed by atoms with Crippen molar-refractivity contribution in [1.82, 2.24) is 4.98 Å². The molecule has 0 fully saturated rings. The van der Waals surface area contributed by atoms with Gasteiger partial charge in [0.2, 0.25) is 0 Å². The minimum absolute atomic E-state index is 0.161. The molecule has 0 spiro atoms. The van der Waals surface area contributed by atoms with Gasteiger partial charge < -0.3 is 9.15 Å². The first-order chi connectivity index (χ1) is 11.7. The maximum Gasteiger partial charge on any atom is 0.336 e. The second kappa shape index (κ2) is 5.77. The zero-order chi connectivity index (χ0) is 16.5. The quantitative estimate of drug-likeness (QED) is 0.534. The number of hydrogen-bond acceptors (Lipinski definition) is 4. The monoisotopic (exact) mass is 321 g/mol. The van der Waals surface area contributed by atoms with Crippen LogP contribution in [0.25, 0.3) is 21.9 Å². The standard InChI is InChI=1S/C19H12FNO3/c20-15-8-13-2-1-7-21-19(13)14(9-15)11-23-16-5-3-12-4-6-18(22)24-17(12)10-16/h1-10H,11H2. The Morgan fingerprint density at radius 2 is 1.92 bits per heavy atom. The fraction of sp³-hybridized carbons (Fsp3) is 0.0526. The third kappa shape index (κ3) is 2.72. The maximum atomic E-state index is 13.7. The molecule has 24 heavy (non-hydrogen) atoms. The van der Waals surface area contributed by atoms with Gasteiger partial charge in [-0.2, -0.15) is 0 Å². The number of aromatic nitrogens is 1. The molecule has 0 atom stereocenters. The van der Waals surface area contributed by atoms with E-state index in [0.29, 0.717) is 22.4 Å². The Kier molecular flexibility index (Phi) is 3.46. The van der Waals surface area contributed by atoms with Crippen molar-refractivity contribution in [3.05, 3.63) is 82.6 Å². The molecule has 4 rings (SSSR count). The molecule has 4 aromatic rings. The zero-order valence-corrected chi connectivity index (χ0v) is 12.5. The first-order valence-corrected chi connectivity index (χ1v) is 7.39. The van der Waals surface area contributed by atoms with Gasteiger partial charge in [-0.3, -0.25) is 4.98 Å². The molecule has 0 N–H and O–H groups in total. The number of ether oxygens (including phenoxy) is 1. The van der Waals surface area contributed by atoms with E-state index in [-0.39, 0.29) is 12.4 Å². The van der Waals surface area contributed by atoms with Gasteiger partial charge in [0.25, 0.3) is 0 Å². The lowest BCUT2D eigenvalue weighted by molar-refractivity contribution is 0.307. The van der Waals surface area contributed by atoms with Gasteiger partial charge >= 0.3 is 5.63 Å². The van der Waals surface area contributed by atoms with Crippen LogP contribution in [0.2, 0.25) is 0 Å². The topological polar surface area (TPSA) is 52.3 Å². The zero-order valence-electron chi connectivity index (χ0n) is 12.5. The van der Waals surface area contributed by atoms with Crippen molar-refractivity contribution in [2.45, 2.75) is 6.61 Å². The van der Waals surface area contributed by atoms with E-state index in [1.807, 2.05) is 0 Å². The summed E-state index contributed by atoms with van der Waals surface area (Å²) in [4.78, 5) is 15.6. The molecule has 4 nitrogen and oxygen atoms in total. The largest absolute Gasteiger partial charge is 0.489 e. The number of hydrogen-bond donors (Lipinski definition) is 0. The van der Waals surface area contributed by atoms with E-state index in [4.69, 9.17) is 9.15 Å². The SMILES string of the molecule is O=c1ccc2ccc(OCc3cc(F)cc4cccnc34)cc2o1. The number of nitrogens with zero attached hydrogens (tertiary/aromatic N) is 1. The summed E-state index contributed by atoms with van der Waals surface area (Å²) in [5.74, 6) is 0.198. The second-order valence-electron chi connectivity index (χ2n) is 5.38. The van der Waals surface area contributed by atoms with Crippen LogP contribution in [0.5, 0.6) is 5.75 Å². The first kappa shape index (κ1) is 14.4. The van der Waals surface area contributed by atoms with Crippen molar-refractivity contribution in [2.75, 3.05) is 0 Å². The molecule has 0 saturated carbocycles. The Bertz CT molecular complexity index is 1100. The van der Waals surface area contributed by atoms with E-state index in [2.05, 4.69) is 4.98 Å². The van der Waals surface area contributed by atoms with Crippen LogP contribution in [0.15, 0.2) is 70.0 Å². The number of fused-ring (bicyclic) bond motifs is 2. The van der Waals surface area contributed by atoms with Crippen molar-refractivity contribution in [3.8, 4) is 5.75 Å². The fourth-order valence-corrected chi connectivity index (χ4v) is 2.63. The van der Waals surface area contributed by atoms with Crippen molar-refractivity contribution < 1.29 is 13.5 Å². The molecule has 2 aromatic heterocycles. The highest BCUT2D eigenvalue weighted by Gasteiger charge is 2.07. The molecule has 0 bridgehead atoms. The minimum Gasteiger partial charge on any atom is -0.489 e. The van der Waals surface area contributed by atoms with Crippen LogP contribution in [0, 0.1) is 5.82 Å². The highest BCUT2D eigenvalue weighted by molar-refractivity contribution is 5.81. The predicted molar refractivity (Wildman–Crippen MR) is 88.5 cm³/mol. The summed E-state index contributed by atoms with van der Waals surface area (Å²) in [6.45, 7) is 0.161. The number of pyridine rings is 1. The number of halogens is 1. The summed E-state index contributed by atoms with van der Waals surface area (Å²) in [6.07, 6.45) is 1.66. The van der Waals surface area contributed by atoms with Gasteiger partial charge in [-0.05, 0) is 36.4 Å². The van der Waals surface area contributed by atoms with Crippen LogP contribution in [0.1, 0.15) is 5.56 Å². The Morgan fingerprint density at radius 1 is 1.04 bits per heavy atom.